The molecule has 0 radical (unpaired) electrons. The average molecular weight is 646 g/mol. The molecule has 1 atom stereocenters. The van der Waals surface area contributed by atoms with Gasteiger partial charge in [0.1, 0.15) is 0 Å². The van der Waals surface area contributed by atoms with Crippen LogP contribution < -0.4 is 0 Å². The molecular weight excluding hydrogens is 628 g/mol. The van der Waals surface area contributed by atoms with Crippen molar-refractivity contribution < 1.29 is 0 Å². The second-order valence-corrected chi connectivity index (χ2v) is 11.2. The third-order valence-corrected chi connectivity index (χ3v) is 8.73. The van der Waals surface area contributed by atoms with Crippen molar-refractivity contribution in [3.05, 3.63) is 0 Å². The smallest absolute Gasteiger partial charge is 0.0743 e. The Morgan fingerprint density at radius 1 is 0.714 bits per heavy atom. The zero-order valence-corrected chi connectivity index (χ0v) is 17.0. The lowest BCUT2D eigenvalue weighted by atomic mass is 10.1. The lowest BCUT2D eigenvalue weighted by molar-refractivity contribution is 0.595. The van der Waals surface area contributed by atoms with E-state index in [-0.39, 0.29) is 0 Å². The molecule has 86 valence electrons. The van der Waals surface area contributed by atoms with E-state index < -0.39 is 0 Å². The van der Waals surface area contributed by atoms with E-state index in [1.54, 1.807) is 0 Å². The highest BCUT2D eigenvalue weighted by atomic mass is 127. The van der Waals surface area contributed by atoms with Crippen LogP contribution in [0.15, 0.2) is 0 Å². The number of halogens is 4. The molecule has 14 heavy (non-hydrogen) atoms. The molecule has 0 saturated carbocycles. The molecule has 0 fully saturated rings. The first-order valence-corrected chi connectivity index (χ1v) is 10.4. The molecule has 0 bridgehead atoms. The van der Waals surface area contributed by atoms with Gasteiger partial charge in [-0.3, -0.25) is 0 Å². The second-order valence-electron chi connectivity index (χ2n) is 3.45. The summed E-state index contributed by atoms with van der Waals surface area (Å²) in [4.78, 5) is 0. The van der Waals surface area contributed by atoms with Gasteiger partial charge < -0.3 is 0 Å². The van der Waals surface area contributed by atoms with E-state index in [0.29, 0.717) is 0 Å². The maximum absolute atomic E-state index is 2.59. The van der Waals surface area contributed by atoms with Crippen LogP contribution in [0, 0.1) is 0 Å². The molecule has 0 aliphatic heterocycles. The molecular formula is C10H18I4. The van der Waals surface area contributed by atoms with Crippen LogP contribution in [0.5, 0.6) is 0 Å². The van der Waals surface area contributed by atoms with Crippen LogP contribution in [0.2, 0.25) is 0 Å². The number of rotatable bonds is 9. The Morgan fingerprint density at radius 2 is 1.21 bits per heavy atom. The zero-order valence-electron chi connectivity index (χ0n) is 8.32. The van der Waals surface area contributed by atoms with Crippen LogP contribution in [0.1, 0.15) is 44.9 Å². The summed E-state index contributed by atoms with van der Waals surface area (Å²) >= 11 is 10.1. The van der Waals surface area contributed by atoms with Crippen molar-refractivity contribution >= 4 is 90.4 Å². The van der Waals surface area contributed by atoms with Gasteiger partial charge in [0.15, 0.2) is 0 Å². The predicted molar refractivity (Wildman–Crippen MR) is 101 cm³/mol. The topological polar surface area (TPSA) is 0 Å². The van der Waals surface area contributed by atoms with Crippen LogP contribution in [0.3, 0.4) is 0 Å². The molecule has 0 aromatic heterocycles. The summed E-state index contributed by atoms with van der Waals surface area (Å²) in [7, 11) is 0. The fourth-order valence-corrected chi connectivity index (χ4v) is 2.97. The van der Waals surface area contributed by atoms with Gasteiger partial charge in [-0.15, -0.1) is 0 Å². The average Bonchev–Trinajstić information content (AvgIpc) is 2.16. The van der Waals surface area contributed by atoms with E-state index in [4.69, 9.17) is 0 Å². The molecule has 0 heterocycles. The van der Waals surface area contributed by atoms with Crippen molar-refractivity contribution in [3.63, 3.8) is 0 Å². The fraction of sp³-hybridized carbons (Fsp3) is 1.00. The van der Waals surface area contributed by atoms with Crippen LogP contribution in [-0.4, -0.2) is 10.3 Å². The molecule has 0 aliphatic rings. The monoisotopic (exact) mass is 646 g/mol. The minimum atomic E-state index is 0.796. The van der Waals surface area contributed by atoms with Gasteiger partial charge in [-0.05, 0) is 17.3 Å². The Hall–Kier alpha value is 2.92. The summed E-state index contributed by atoms with van der Waals surface area (Å²) in [5.74, 6) is 0. The molecule has 0 N–H and O–H groups in total. The molecule has 1 unspecified atom stereocenters. The quantitative estimate of drug-likeness (QED) is 0.160. The first-order valence-electron chi connectivity index (χ1n) is 5.16. The largest absolute Gasteiger partial charge is 0.0864 e. The van der Waals surface area contributed by atoms with E-state index >= 15 is 0 Å². The molecule has 0 aromatic rings. The summed E-state index contributed by atoms with van der Waals surface area (Å²) in [6.07, 6.45) is 10.0. The lowest BCUT2D eigenvalue weighted by Crippen LogP contribution is -2.05. The predicted octanol–water partition coefficient (Wildman–Crippen LogP) is 6.15. The molecule has 0 amide bonds. The Bertz CT molecular complexity index is 117. The molecule has 4 heteroatoms. The third-order valence-electron chi connectivity index (χ3n) is 2.14. The molecule has 0 aromatic carbocycles. The first kappa shape index (κ1) is 16.9. The van der Waals surface area contributed by atoms with Gasteiger partial charge in [0.25, 0.3) is 0 Å². The highest BCUT2D eigenvalue weighted by molar-refractivity contribution is 14.2. The highest BCUT2D eigenvalue weighted by Crippen LogP contribution is 2.26. The lowest BCUT2D eigenvalue weighted by Gasteiger charge is -2.10. The Morgan fingerprint density at radius 3 is 1.71 bits per heavy atom. The number of hydrogen-bond acceptors (Lipinski definition) is 0. The number of alkyl halides is 4. The SMILES string of the molecule is ICCCCCCCCC(I)C(I)I. The summed E-state index contributed by atoms with van der Waals surface area (Å²) < 4.78 is 2.99. The van der Waals surface area contributed by atoms with Crippen LogP contribution >= 0.6 is 90.4 Å². The van der Waals surface area contributed by atoms with E-state index in [0.717, 1.165) is 5.86 Å². The maximum Gasteiger partial charge on any atom is 0.0743 e. The minimum absolute atomic E-state index is 0.796. The van der Waals surface area contributed by atoms with Crippen LogP contribution in [-0.2, 0) is 0 Å². The minimum Gasteiger partial charge on any atom is -0.0864 e. The molecule has 0 aliphatic carbocycles. The number of hydrogen-bond donors (Lipinski definition) is 0. The van der Waals surface area contributed by atoms with Crippen molar-refractivity contribution in [2.45, 2.75) is 50.8 Å². The number of unbranched alkanes of at least 4 members (excludes halogenated alkanes) is 5. The van der Waals surface area contributed by atoms with Crippen molar-refractivity contribution in [1.29, 1.82) is 0 Å². The van der Waals surface area contributed by atoms with Gasteiger partial charge in [0.05, 0.1) is 1.93 Å². The van der Waals surface area contributed by atoms with Crippen molar-refractivity contribution in [2.75, 3.05) is 4.43 Å². The van der Waals surface area contributed by atoms with Crippen LogP contribution in [0.25, 0.3) is 0 Å². The Labute approximate surface area is 143 Å². The Balaban J connectivity index is 3.06. The molecule has 0 saturated heterocycles. The van der Waals surface area contributed by atoms with Gasteiger partial charge in [-0.1, -0.05) is 122 Å². The first-order chi connectivity index (χ1) is 6.68. The second kappa shape index (κ2) is 12.4. The van der Waals surface area contributed by atoms with Gasteiger partial charge in [0.2, 0.25) is 0 Å². The molecule has 0 rings (SSSR count). The summed E-state index contributed by atoms with van der Waals surface area (Å²) in [6, 6.07) is 0. The maximum atomic E-state index is 2.59. The van der Waals surface area contributed by atoms with Gasteiger partial charge in [-0.25, -0.2) is 0 Å². The van der Waals surface area contributed by atoms with E-state index in [1.807, 2.05) is 0 Å². The van der Waals surface area contributed by atoms with Gasteiger partial charge in [0, 0.05) is 3.92 Å². The van der Waals surface area contributed by atoms with E-state index in [9.17, 15) is 0 Å². The Kier molecular flexibility index (Phi) is 15.0. The van der Waals surface area contributed by atoms with Crippen LogP contribution in [0.4, 0.5) is 0 Å². The van der Waals surface area contributed by atoms with Gasteiger partial charge in [-0.2, -0.15) is 0 Å². The normalized spacial score (nSPS) is 13.5. The van der Waals surface area contributed by atoms with Gasteiger partial charge >= 0.3 is 0 Å². The van der Waals surface area contributed by atoms with E-state index in [2.05, 4.69) is 90.4 Å². The summed E-state index contributed by atoms with van der Waals surface area (Å²) in [5, 5.41) is 0. The van der Waals surface area contributed by atoms with Crippen molar-refractivity contribution in [3.8, 4) is 0 Å². The summed E-state index contributed by atoms with van der Waals surface area (Å²) in [5.41, 5.74) is 0. The highest BCUT2D eigenvalue weighted by Gasteiger charge is 2.10. The van der Waals surface area contributed by atoms with Crippen molar-refractivity contribution in [2.24, 2.45) is 0 Å². The third kappa shape index (κ3) is 11.4. The molecule has 0 nitrogen and oxygen atoms in total. The fourth-order valence-electron chi connectivity index (χ4n) is 1.27. The molecule has 0 spiro atoms. The standard InChI is InChI=1S/C10H18I4/c11-8-6-4-2-1-3-5-7-9(12)10(13)14/h9-10H,1-8H2. The zero-order chi connectivity index (χ0) is 10.8. The van der Waals surface area contributed by atoms with E-state index in [1.165, 1.54) is 49.4 Å². The van der Waals surface area contributed by atoms with Crippen molar-refractivity contribution in [1.82, 2.24) is 0 Å². The summed E-state index contributed by atoms with van der Waals surface area (Å²) in [6.45, 7) is 0.